The molecule has 0 atom stereocenters. The minimum atomic E-state index is 0.730. The maximum absolute atomic E-state index is 5.16. The number of terminal acetylenes is 1. The lowest BCUT2D eigenvalue weighted by Gasteiger charge is -2.41. The van der Waals surface area contributed by atoms with Crippen molar-refractivity contribution in [2.45, 2.75) is 6.04 Å². The molecule has 1 rings (SSSR count). The summed E-state index contributed by atoms with van der Waals surface area (Å²) in [7, 11) is 4.22. The summed E-state index contributed by atoms with van der Waals surface area (Å²) in [6.07, 6.45) is 5.16. The largest absolute Gasteiger partial charge is 0.304 e. The van der Waals surface area contributed by atoms with E-state index in [0.717, 1.165) is 25.7 Å². The van der Waals surface area contributed by atoms with Crippen LogP contribution >= 0.6 is 0 Å². The maximum Gasteiger partial charge on any atom is 0.0600 e. The van der Waals surface area contributed by atoms with Gasteiger partial charge in [-0.05, 0) is 14.1 Å². The fourth-order valence-electron chi connectivity index (χ4n) is 1.13. The molecule has 1 heterocycles. The Morgan fingerprint density at radius 1 is 1.60 bits per heavy atom. The van der Waals surface area contributed by atoms with Crippen molar-refractivity contribution in [3.8, 4) is 12.3 Å². The van der Waals surface area contributed by atoms with Gasteiger partial charge in [0.15, 0.2) is 0 Å². The van der Waals surface area contributed by atoms with Gasteiger partial charge in [-0.1, -0.05) is 5.92 Å². The molecule has 0 aromatic carbocycles. The zero-order chi connectivity index (χ0) is 7.56. The van der Waals surface area contributed by atoms with Crippen LogP contribution in [0.3, 0.4) is 0 Å². The van der Waals surface area contributed by atoms with E-state index in [1.165, 1.54) is 0 Å². The Morgan fingerprint density at radius 3 is 2.60 bits per heavy atom. The molecule has 0 aromatic heterocycles. The summed E-state index contributed by atoms with van der Waals surface area (Å²) in [4.78, 5) is 4.51. The fraction of sp³-hybridized carbons (Fsp3) is 0.750. The summed E-state index contributed by atoms with van der Waals surface area (Å²) in [6.45, 7) is 3.08. The Hall–Kier alpha value is -0.520. The molecule has 56 valence electrons. The van der Waals surface area contributed by atoms with Gasteiger partial charge >= 0.3 is 0 Å². The highest BCUT2D eigenvalue weighted by molar-refractivity contribution is 4.95. The molecule has 2 heteroatoms. The number of nitrogens with zero attached hydrogens (tertiary/aromatic N) is 2. The van der Waals surface area contributed by atoms with Crippen LogP contribution in [0, 0.1) is 12.3 Å². The molecule has 0 aliphatic carbocycles. The molecule has 0 N–H and O–H groups in total. The van der Waals surface area contributed by atoms with Crippen molar-refractivity contribution in [2.24, 2.45) is 0 Å². The molecular formula is C8H14N2. The van der Waals surface area contributed by atoms with E-state index >= 15 is 0 Å². The monoisotopic (exact) mass is 138 g/mol. The Balaban J connectivity index is 2.13. The molecule has 0 bridgehead atoms. The first-order valence-corrected chi connectivity index (χ1v) is 3.56. The fourth-order valence-corrected chi connectivity index (χ4v) is 1.13. The Bertz CT molecular complexity index is 140. The summed E-state index contributed by atoms with van der Waals surface area (Å²) >= 11 is 0. The van der Waals surface area contributed by atoms with E-state index in [2.05, 4.69) is 29.8 Å². The lowest BCUT2D eigenvalue weighted by atomic mass is 10.1. The second kappa shape index (κ2) is 3.05. The van der Waals surface area contributed by atoms with Gasteiger partial charge in [-0.2, -0.15) is 0 Å². The van der Waals surface area contributed by atoms with Crippen molar-refractivity contribution in [1.29, 1.82) is 0 Å². The summed E-state index contributed by atoms with van der Waals surface area (Å²) in [5.74, 6) is 2.64. The van der Waals surface area contributed by atoms with Gasteiger partial charge < -0.3 is 4.90 Å². The van der Waals surface area contributed by atoms with Crippen LogP contribution in [0.25, 0.3) is 0 Å². The van der Waals surface area contributed by atoms with Crippen LogP contribution in [0.2, 0.25) is 0 Å². The zero-order valence-corrected chi connectivity index (χ0v) is 6.67. The average molecular weight is 138 g/mol. The highest BCUT2D eigenvalue weighted by Crippen LogP contribution is 2.10. The number of likely N-dealkylation sites (N-methyl/N-ethyl adjacent to an activating group) is 1. The van der Waals surface area contributed by atoms with Gasteiger partial charge in [0.2, 0.25) is 0 Å². The predicted octanol–water partition coefficient (Wildman–Crippen LogP) is -0.135. The Labute approximate surface area is 62.8 Å². The molecule has 0 radical (unpaired) electrons. The van der Waals surface area contributed by atoms with Gasteiger partial charge in [0, 0.05) is 19.1 Å². The van der Waals surface area contributed by atoms with Crippen LogP contribution in [0.4, 0.5) is 0 Å². The zero-order valence-electron chi connectivity index (χ0n) is 6.67. The van der Waals surface area contributed by atoms with Gasteiger partial charge in [-0.15, -0.1) is 6.42 Å². The van der Waals surface area contributed by atoms with Crippen molar-refractivity contribution in [3.05, 3.63) is 0 Å². The van der Waals surface area contributed by atoms with Gasteiger partial charge in [-0.3, -0.25) is 4.90 Å². The molecule has 1 aliphatic heterocycles. The number of likely N-dealkylation sites (tertiary alicyclic amines) is 1. The lowest BCUT2D eigenvalue weighted by Crippen LogP contribution is -2.57. The maximum atomic E-state index is 5.16. The van der Waals surface area contributed by atoms with E-state index in [-0.39, 0.29) is 0 Å². The minimum absolute atomic E-state index is 0.730. The normalized spacial score (nSPS) is 20.6. The lowest BCUT2D eigenvalue weighted by molar-refractivity contribution is 0.0762. The van der Waals surface area contributed by atoms with Gasteiger partial charge in [0.1, 0.15) is 0 Å². The molecule has 0 saturated carbocycles. The van der Waals surface area contributed by atoms with Crippen molar-refractivity contribution >= 4 is 0 Å². The van der Waals surface area contributed by atoms with E-state index in [9.17, 15) is 0 Å². The summed E-state index contributed by atoms with van der Waals surface area (Å²) in [6, 6.07) is 0.730. The average Bonchev–Trinajstić information content (AvgIpc) is 1.76. The quantitative estimate of drug-likeness (QED) is 0.490. The van der Waals surface area contributed by atoms with E-state index in [4.69, 9.17) is 6.42 Å². The second-order valence-electron chi connectivity index (χ2n) is 3.02. The van der Waals surface area contributed by atoms with Crippen LogP contribution in [0.1, 0.15) is 0 Å². The van der Waals surface area contributed by atoms with Gasteiger partial charge in [-0.25, -0.2) is 0 Å². The summed E-state index contributed by atoms with van der Waals surface area (Å²) in [5, 5.41) is 0. The van der Waals surface area contributed by atoms with Crippen LogP contribution in [-0.2, 0) is 0 Å². The molecule has 0 spiro atoms. The van der Waals surface area contributed by atoms with Crippen molar-refractivity contribution in [1.82, 2.24) is 9.80 Å². The Morgan fingerprint density at radius 2 is 2.20 bits per heavy atom. The molecule has 2 nitrogen and oxygen atoms in total. The first kappa shape index (κ1) is 7.59. The highest BCUT2D eigenvalue weighted by Gasteiger charge is 2.26. The topological polar surface area (TPSA) is 6.48 Å². The number of hydrogen-bond donors (Lipinski definition) is 0. The molecule has 1 aliphatic rings. The van der Waals surface area contributed by atoms with Crippen molar-refractivity contribution in [3.63, 3.8) is 0 Å². The molecule has 0 amide bonds. The van der Waals surface area contributed by atoms with E-state index < -0.39 is 0 Å². The first-order valence-electron chi connectivity index (χ1n) is 3.56. The van der Waals surface area contributed by atoms with Crippen LogP contribution in [0.5, 0.6) is 0 Å². The molecule has 0 unspecified atom stereocenters. The SMILES string of the molecule is C#CCN1CC(N(C)C)C1. The number of hydrogen-bond acceptors (Lipinski definition) is 2. The highest BCUT2D eigenvalue weighted by atomic mass is 15.3. The third-order valence-electron chi connectivity index (χ3n) is 1.98. The summed E-state index contributed by atoms with van der Waals surface area (Å²) < 4.78 is 0. The molecule has 1 fully saturated rings. The van der Waals surface area contributed by atoms with Gasteiger partial charge in [0.25, 0.3) is 0 Å². The van der Waals surface area contributed by atoms with E-state index in [1.807, 2.05) is 0 Å². The second-order valence-corrected chi connectivity index (χ2v) is 3.02. The van der Waals surface area contributed by atoms with E-state index in [1.54, 1.807) is 0 Å². The van der Waals surface area contributed by atoms with Crippen molar-refractivity contribution in [2.75, 3.05) is 33.7 Å². The van der Waals surface area contributed by atoms with Crippen molar-refractivity contribution < 1.29 is 0 Å². The summed E-state index contributed by atoms with van der Waals surface area (Å²) in [5.41, 5.74) is 0. The third-order valence-corrected chi connectivity index (χ3v) is 1.98. The van der Waals surface area contributed by atoms with Crippen LogP contribution in [-0.4, -0.2) is 49.6 Å². The first-order chi connectivity index (χ1) is 4.74. The standard InChI is InChI=1S/C8H14N2/c1-4-5-10-6-8(7-10)9(2)3/h1,8H,5-7H2,2-3H3. The Kier molecular flexibility index (Phi) is 2.31. The van der Waals surface area contributed by atoms with Crippen LogP contribution < -0.4 is 0 Å². The smallest absolute Gasteiger partial charge is 0.0600 e. The van der Waals surface area contributed by atoms with E-state index in [0.29, 0.717) is 0 Å². The molecule has 0 aromatic rings. The molecular weight excluding hydrogens is 124 g/mol. The molecule has 1 saturated heterocycles. The third kappa shape index (κ3) is 1.50. The van der Waals surface area contributed by atoms with Crippen LogP contribution in [0.15, 0.2) is 0 Å². The minimum Gasteiger partial charge on any atom is -0.304 e. The predicted molar refractivity (Wildman–Crippen MR) is 42.7 cm³/mol. The number of rotatable bonds is 2. The van der Waals surface area contributed by atoms with Gasteiger partial charge in [0.05, 0.1) is 6.54 Å². The molecule has 10 heavy (non-hydrogen) atoms.